The lowest BCUT2D eigenvalue weighted by atomic mass is 9.89. The fourth-order valence-electron chi connectivity index (χ4n) is 7.62. The summed E-state index contributed by atoms with van der Waals surface area (Å²) in [5.41, 5.74) is 5.97. The fourth-order valence-corrected chi connectivity index (χ4v) is 7.62. The molecule has 0 radical (unpaired) electrons. The van der Waals surface area contributed by atoms with Crippen LogP contribution in [0.25, 0.3) is 11.1 Å². The fraction of sp³-hybridized carbons (Fsp3) is 0.500. The van der Waals surface area contributed by atoms with E-state index < -0.39 is 12.3 Å². The number of rotatable bonds is 14. The lowest BCUT2D eigenvalue weighted by molar-refractivity contribution is -0.276. The molecule has 3 fully saturated rings. The first-order valence-corrected chi connectivity index (χ1v) is 18.0. The second-order valence-electron chi connectivity index (χ2n) is 13.9. The third-order valence-corrected chi connectivity index (χ3v) is 10.5. The number of carboxylic acids is 1. The molecule has 5 unspecified atom stereocenters. The van der Waals surface area contributed by atoms with E-state index in [1.54, 1.807) is 0 Å². The smallest absolute Gasteiger partial charge is 0.303 e. The normalized spacial score (nSPS) is 24.7. The average molecular weight is 670 g/mol. The molecule has 262 valence electrons. The number of hydrogen-bond donors (Lipinski definition) is 3. The van der Waals surface area contributed by atoms with Gasteiger partial charge in [0.1, 0.15) is 0 Å². The number of nitrogens with zero attached hydrogens (tertiary/aromatic N) is 2. The van der Waals surface area contributed by atoms with Gasteiger partial charge in [0.15, 0.2) is 6.29 Å². The summed E-state index contributed by atoms with van der Waals surface area (Å²) in [6.07, 6.45) is 4.87. The van der Waals surface area contributed by atoms with Gasteiger partial charge >= 0.3 is 5.97 Å². The minimum absolute atomic E-state index is 0.0116. The lowest BCUT2D eigenvalue weighted by Crippen LogP contribution is -2.48. The van der Waals surface area contributed by atoms with Crippen molar-refractivity contribution in [2.24, 2.45) is 5.92 Å². The van der Waals surface area contributed by atoms with E-state index in [4.69, 9.17) is 14.6 Å². The molecule has 3 heterocycles. The first-order valence-electron chi connectivity index (χ1n) is 18.0. The number of aliphatic hydroxyl groups is 1. The minimum Gasteiger partial charge on any atom is -0.481 e. The Morgan fingerprint density at radius 2 is 1.59 bits per heavy atom. The number of benzene rings is 3. The molecule has 3 aliphatic heterocycles. The van der Waals surface area contributed by atoms with Gasteiger partial charge in [0.05, 0.1) is 18.8 Å². The Hall–Kier alpha value is -3.60. The van der Waals surface area contributed by atoms with Crippen LogP contribution < -0.4 is 5.32 Å². The maximum atomic E-state index is 12.3. The second-order valence-corrected chi connectivity index (χ2v) is 13.9. The molecule has 6 rings (SSSR count). The van der Waals surface area contributed by atoms with Gasteiger partial charge in [-0.15, -0.1) is 0 Å². The molecule has 0 aliphatic carbocycles. The van der Waals surface area contributed by atoms with Gasteiger partial charge in [0, 0.05) is 50.0 Å². The highest BCUT2D eigenvalue weighted by Gasteiger charge is 2.40. The van der Waals surface area contributed by atoms with Crippen LogP contribution in [-0.4, -0.2) is 76.8 Å². The molecule has 0 saturated carbocycles. The van der Waals surface area contributed by atoms with Crippen molar-refractivity contribution in [2.45, 2.75) is 89.6 Å². The Kier molecular flexibility index (Phi) is 12.1. The summed E-state index contributed by atoms with van der Waals surface area (Å²) < 4.78 is 13.6. The summed E-state index contributed by atoms with van der Waals surface area (Å²) in [6.45, 7) is 8.16. The number of aliphatic hydroxyl groups excluding tert-OH is 1. The Bertz CT molecular complexity index is 1520. The van der Waals surface area contributed by atoms with Crippen molar-refractivity contribution in [1.29, 1.82) is 0 Å². The van der Waals surface area contributed by atoms with Crippen molar-refractivity contribution in [3.05, 3.63) is 95.1 Å². The van der Waals surface area contributed by atoms with E-state index in [1.807, 2.05) is 36.4 Å². The molecular formula is C40H51N3O6. The van der Waals surface area contributed by atoms with E-state index in [0.29, 0.717) is 19.0 Å². The van der Waals surface area contributed by atoms with E-state index in [-0.39, 0.29) is 43.5 Å². The Balaban J connectivity index is 1.18. The quantitative estimate of drug-likeness (QED) is 0.190. The van der Waals surface area contributed by atoms with Gasteiger partial charge in [0.2, 0.25) is 5.91 Å². The maximum absolute atomic E-state index is 12.3. The van der Waals surface area contributed by atoms with Crippen molar-refractivity contribution in [2.75, 3.05) is 32.7 Å². The highest BCUT2D eigenvalue weighted by atomic mass is 16.7. The van der Waals surface area contributed by atoms with E-state index in [1.165, 1.54) is 38.8 Å². The number of aliphatic carboxylic acids is 1. The molecule has 3 aromatic rings. The van der Waals surface area contributed by atoms with E-state index in [2.05, 4.69) is 58.4 Å². The topological polar surface area (TPSA) is 112 Å². The predicted molar refractivity (Wildman–Crippen MR) is 188 cm³/mol. The Morgan fingerprint density at radius 3 is 2.33 bits per heavy atom. The van der Waals surface area contributed by atoms with Crippen LogP contribution in [0.1, 0.15) is 86.5 Å². The molecule has 3 aromatic carbocycles. The third kappa shape index (κ3) is 9.15. The average Bonchev–Trinajstić information content (AvgIpc) is 3.81. The number of nitrogens with one attached hydrogen (secondary N) is 1. The number of ether oxygens (including phenoxy) is 2. The number of hydrogen-bond acceptors (Lipinski definition) is 7. The van der Waals surface area contributed by atoms with Crippen molar-refractivity contribution in [3.63, 3.8) is 0 Å². The Labute approximate surface area is 290 Å². The SMILES string of the molecule is CC1C(CN2CCCC2CN2CCCC2)OC(c2ccc(-c3ccccc3CNC(=O)CCCC(=O)O)cc2)OC1c1ccc(CO)cc1. The molecule has 9 nitrogen and oxygen atoms in total. The first kappa shape index (κ1) is 35.2. The van der Waals surface area contributed by atoms with Crippen LogP contribution in [0.4, 0.5) is 0 Å². The largest absolute Gasteiger partial charge is 0.481 e. The summed E-state index contributed by atoms with van der Waals surface area (Å²) in [6, 6.07) is 25.0. The van der Waals surface area contributed by atoms with Crippen LogP contribution in [0.3, 0.4) is 0 Å². The zero-order valence-corrected chi connectivity index (χ0v) is 28.6. The van der Waals surface area contributed by atoms with Gasteiger partial charge < -0.3 is 29.9 Å². The summed E-state index contributed by atoms with van der Waals surface area (Å²) in [5.74, 6) is -0.913. The van der Waals surface area contributed by atoms with Crippen molar-refractivity contribution in [3.8, 4) is 11.1 Å². The molecule has 9 heteroatoms. The predicted octanol–water partition coefficient (Wildman–Crippen LogP) is 6.07. The van der Waals surface area contributed by atoms with Crippen LogP contribution in [0.5, 0.6) is 0 Å². The zero-order chi connectivity index (χ0) is 34.2. The third-order valence-electron chi connectivity index (χ3n) is 10.5. The van der Waals surface area contributed by atoms with Gasteiger partial charge in [-0.1, -0.05) is 79.7 Å². The van der Waals surface area contributed by atoms with Crippen molar-refractivity contribution < 1.29 is 29.3 Å². The zero-order valence-electron chi connectivity index (χ0n) is 28.6. The molecule has 0 spiro atoms. The van der Waals surface area contributed by atoms with Crippen LogP contribution in [-0.2, 0) is 32.2 Å². The monoisotopic (exact) mass is 669 g/mol. The van der Waals surface area contributed by atoms with Gasteiger partial charge in [0.25, 0.3) is 0 Å². The molecule has 5 atom stereocenters. The molecule has 3 aliphatic rings. The molecule has 1 amide bonds. The molecule has 0 bridgehead atoms. The second kappa shape index (κ2) is 16.9. The number of likely N-dealkylation sites (tertiary alicyclic amines) is 2. The van der Waals surface area contributed by atoms with Crippen molar-refractivity contribution in [1.82, 2.24) is 15.1 Å². The number of amides is 1. The number of carboxylic acid groups (broad SMARTS) is 1. The summed E-state index contributed by atoms with van der Waals surface area (Å²) in [4.78, 5) is 28.4. The van der Waals surface area contributed by atoms with Crippen LogP contribution in [0.15, 0.2) is 72.8 Å². The molecule has 3 N–H and O–H groups in total. The highest BCUT2D eigenvalue weighted by Crippen LogP contribution is 2.42. The van der Waals surface area contributed by atoms with Gasteiger partial charge in [-0.3, -0.25) is 14.5 Å². The highest BCUT2D eigenvalue weighted by molar-refractivity contribution is 5.77. The molecule has 0 aromatic heterocycles. The van der Waals surface area contributed by atoms with E-state index >= 15 is 0 Å². The first-order chi connectivity index (χ1) is 23.9. The minimum atomic E-state index is -0.893. The van der Waals surface area contributed by atoms with E-state index in [9.17, 15) is 14.7 Å². The number of carbonyl (C=O) groups excluding carboxylic acids is 1. The van der Waals surface area contributed by atoms with Crippen LogP contribution in [0, 0.1) is 5.92 Å². The maximum Gasteiger partial charge on any atom is 0.303 e. The summed E-state index contributed by atoms with van der Waals surface area (Å²) in [7, 11) is 0. The lowest BCUT2D eigenvalue weighted by Gasteiger charge is -2.43. The molecule has 49 heavy (non-hydrogen) atoms. The van der Waals surface area contributed by atoms with Crippen molar-refractivity contribution >= 4 is 11.9 Å². The van der Waals surface area contributed by atoms with Crippen LogP contribution >= 0.6 is 0 Å². The molecule has 3 saturated heterocycles. The van der Waals surface area contributed by atoms with Gasteiger partial charge in [-0.25, -0.2) is 0 Å². The van der Waals surface area contributed by atoms with Gasteiger partial charge in [-0.05, 0) is 79.6 Å². The van der Waals surface area contributed by atoms with Crippen LogP contribution in [0.2, 0.25) is 0 Å². The Morgan fingerprint density at radius 1 is 0.857 bits per heavy atom. The summed E-state index contributed by atoms with van der Waals surface area (Å²) >= 11 is 0. The van der Waals surface area contributed by atoms with E-state index in [0.717, 1.165) is 53.0 Å². The molecular weight excluding hydrogens is 618 g/mol. The number of carbonyl (C=O) groups is 2. The van der Waals surface area contributed by atoms with Gasteiger partial charge in [-0.2, -0.15) is 0 Å². The summed E-state index contributed by atoms with van der Waals surface area (Å²) in [5, 5.41) is 21.4. The standard InChI is InChI=1S/C40H51N3O6/c1-28-36(26-43-23-7-9-34(43)25-42-21-4-5-22-42)48-40(49-39(28)31-15-13-29(27-44)14-16-31)32-19-17-30(18-20-32)35-10-3-2-8-33(35)24-41-37(45)11-6-12-38(46)47/h2-3,8,10,13-20,28,34,36,39-40,44H,4-7,9,11-12,21-27H2,1H3,(H,41,45)(H,46,47).